The monoisotopic (exact) mass is 219 g/mol. The summed E-state index contributed by atoms with van der Waals surface area (Å²) in [4.78, 5) is 16.1. The van der Waals surface area contributed by atoms with Crippen LogP contribution in [0.15, 0.2) is 18.3 Å². The molecule has 2 atom stereocenters. The standard InChI is InChI=1S/C12H17N3O/c1-8-3-4-10(7-14-8)15-12(16)11-5-6-13-9(11)2/h3-4,7,9,11,13H,5-6H2,1-2H3,(H,15,16). The molecular weight excluding hydrogens is 202 g/mol. The van der Waals surface area contributed by atoms with E-state index >= 15 is 0 Å². The minimum Gasteiger partial charge on any atom is -0.324 e. The number of amides is 1. The van der Waals surface area contributed by atoms with Crippen LogP contribution in [0.2, 0.25) is 0 Å². The summed E-state index contributed by atoms with van der Waals surface area (Å²) in [5.74, 6) is 0.157. The number of pyridine rings is 1. The van der Waals surface area contributed by atoms with Crippen molar-refractivity contribution >= 4 is 11.6 Å². The highest BCUT2D eigenvalue weighted by molar-refractivity contribution is 5.93. The molecular formula is C12H17N3O. The molecule has 1 amide bonds. The van der Waals surface area contributed by atoms with E-state index < -0.39 is 0 Å². The van der Waals surface area contributed by atoms with Gasteiger partial charge in [-0.25, -0.2) is 0 Å². The van der Waals surface area contributed by atoms with E-state index in [4.69, 9.17) is 0 Å². The molecule has 4 heteroatoms. The number of anilines is 1. The fourth-order valence-corrected chi connectivity index (χ4v) is 1.99. The fourth-order valence-electron chi connectivity index (χ4n) is 1.99. The molecule has 0 bridgehead atoms. The van der Waals surface area contributed by atoms with Crippen LogP contribution in [0.25, 0.3) is 0 Å². The maximum Gasteiger partial charge on any atom is 0.229 e. The highest BCUT2D eigenvalue weighted by atomic mass is 16.1. The first-order valence-electron chi connectivity index (χ1n) is 5.64. The van der Waals surface area contributed by atoms with Crippen LogP contribution >= 0.6 is 0 Å². The van der Waals surface area contributed by atoms with Crippen molar-refractivity contribution in [2.75, 3.05) is 11.9 Å². The van der Waals surface area contributed by atoms with Gasteiger partial charge in [0.1, 0.15) is 0 Å². The third-order valence-corrected chi connectivity index (χ3v) is 3.04. The summed E-state index contributed by atoms with van der Waals surface area (Å²) in [6.45, 7) is 4.89. The summed E-state index contributed by atoms with van der Waals surface area (Å²) >= 11 is 0. The zero-order valence-electron chi connectivity index (χ0n) is 9.66. The van der Waals surface area contributed by atoms with E-state index in [1.807, 2.05) is 26.0 Å². The Labute approximate surface area is 95.5 Å². The Morgan fingerprint density at radius 3 is 2.94 bits per heavy atom. The van der Waals surface area contributed by atoms with Crippen molar-refractivity contribution in [3.63, 3.8) is 0 Å². The molecule has 4 nitrogen and oxygen atoms in total. The summed E-state index contributed by atoms with van der Waals surface area (Å²) in [5.41, 5.74) is 1.73. The average Bonchev–Trinajstić information content (AvgIpc) is 2.68. The number of nitrogens with one attached hydrogen (secondary N) is 2. The summed E-state index contributed by atoms with van der Waals surface area (Å²) in [7, 11) is 0. The maximum absolute atomic E-state index is 11.9. The van der Waals surface area contributed by atoms with Crippen LogP contribution in [0.3, 0.4) is 0 Å². The van der Waals surface area contributed by atoms with E-state index in [2.05, 4.69) is 15.6 Å². The Bertz CT molecular complexity index is 374. The number of hydrogen-bond donors (Lipinski definition) is 2. The van der Waals surface area contributed by atoms with Crippen LogP contribution in [0.5, 0.6) is 0 Å². The van der Waals surface area contributed by atoms with Crippen molar-refractivity contribution in [2.24, 2.45) is 5.92 Å². The van der Waals surface area contributed by atoms with Crippen LogP contribution in [-0.2, 0) is 4.79 Å². The molecule has 1 saturated heterocycles. The summed E-state index contributed by atoms with van der Waals surface area (Å²) < 4.78 is 0. The number of nitrogens with zero attached hydrogens (tertiary/aromatic N) is 1. The van der Waals surface area contributed by atoms with Crippen LogP contribution in [0, 0.1) is 12.8 Å². The smallest absolute Gasteiger partial charge is 0.229 e. The lowest BCUT2D eigenvalue weighted by Gasteiger charge is -2.14. The van der Waals surface area contributed by atoms with E-state index in [9.17, 15) is 4.79 Å². The molecule has 0 aliphatic carbocycles. The predicted octanol–water partition coefficient (Wildman–Crippen LogP) is 1.33. The molecule has 1 aliphatic rings. The minimum atomic E-state index is 0.0707. The van der Waals surface area contributed by atoms with E-state index in [1.165, 1.54) is 0 Å². The van der Waals surface area contributed by atoms with Gasteiger partial charge in [0.25, 0.3) is 0 Å². The molecule has 2 N–H and O–H groups in total. The van der Waals surface area contributed by atoms with Crippen molar-refractivity contribution < 1.29 is 4.79 Å². The Kier molecular flexibility index (Phi) is 3.19. The summed E-state index contributed by atoms with van der Waals surface area (Å²) in [6.07, 6.45) is 2.60. The van der Waals surface area contributed by atoms with E-state index in [0.717, 1.165) is 24.3 Å². The van der Waals surface area contributed by atoms with Gasteiger partial charge < -0.3 is 10.6 Å². The third kappa shape index (κ3) is 2.39. The molecule has 1 fully saturated rings. The van der Waals surface area contributed by atoms with Crippen molar-refractivity contribution in [3.8, 4) is 0 Å². The summed E-state index contributed by atoms with van der Waals surface area (Å²) in [5, 5.41) is 6.17. The first-order valence-corrected chi connectivity index (χ1v) is 5.64. The maximum atomic E-state index is 11.9. The lowest BCUT2D eigenvalue weighted by Crippen LogP contribution is -2.32. The lowest BCUT2D eigenvalue weighted by atomic mass is 10.0. The van der Waals surface area contributed by atoms with Crippen molar-refractivity contribution in [1.82, 2.24) is 10.3 Å². The topological polar surface area (TPSA) is 54.0 Å². The first kappa shape index (κ1) is 11.1. The molecule has 0 spiro atoms. The molecule has 0 aromatic carbocycles. The second-order valence-corrected chi connectivity index (χ2v) is 4.32. The molecule has 86 valence electrons. The van der Waals surface area contributed by atoms with E-state index in [-0.39, 0.29) is 17.9 Å². The van der Waals surface area contributed by atoms with Gasteiger partial charge in [0, 0.05) is 11.7 Å². The normalized spacial score (nSPS) is 24.4. The minimum absolute atomic E-state index is 0.0707. The number of rotatable bonds is 2. The Morgan fingerprint density at radius 2 is 2.38 bits per heavy atom. The van der Waals surface area contributed by atoms with Gasteiger partial charge in [0.2, 0.25) is 5.91 Å². The second-order valence-electron chi connectivity index (χ2n) is 4.32. The van der Waals surface area contributed by atoms with Gasteiger partial charge in [-0.3, -0.25) is 9.78 Å². The van der Waals surface area contributed by atoms with Crippen LogP contribution in [0.1, 0.15) is 19.0 Å². The third-order valence-electron chi connectivity index (χ3n) is 3.04. The van der Waals surface area contributed by atoms with Gasteiger partial charge in [-0.15, -0.1) is 0 Å². The highest BCUT2D eigenvalue weighted by Crippen LogP contribution is 2.17. The largest absolute Gasteiger partial charge is 0.324 e. The van der Waals surface area contributed by atoms with Crippen LogP contribution in [0.4, 0.5) is 5.69 Å². The quantitative estimate of drug-likeness (QED) is 0.789. The number of aromatic nitrogens is 1. The Morgan fingerprint density at radius 1 is 1.56 bits per heavy atom. The lowest BCUT2D eigenvalue weighted by molar-refractivity contribution is -0.120. The van der Waals surface area contributed by atoms with Gasteiger partial charge in [-0.05, 0) is 38.9 Å². The molecule has 2 rings (SSSR count). The Balaban J connectivity index is 1.99. The number of aryl methyl sites for hydroxylation is 1. The van der Waals surface area contributed by atoms with Gasteiger partial charge in [-0.1, -0.05) is 0 Å². The average molecular weight is 219 g/mol. The first-order chi connectivity index (χ1) is 7.66. The molecule has 0 radical (unpaired) electrons. The van der Waals surface area contributed by atoms with Crippen LogP contribution < -0.4 is 10.6 Å². The van der Waals surface area contributed by atoms with Gasteiger partial charge in [0.15, 0.2) is 0 Å². The van der Waals surface area contributed by atoms with Crippen molar-refractivity contribution in [3.05, 3.63) is 24.0 Å². The van der Waals surface area contributed by atoms with Gasteiger partial charge in [-0.2, -0.15) is 0 Å². The molecule has 1 aromatic rings. The molecule has 1 aliphatic heterocycles. The molecule has 1 aromatic heterocycles. The highest BCUT2D eigenvalue weighted by Gasteiger charge is 2.29. The number of carbonyl (C=O) groups is 1. The van der Waals surface area contributed by atoms with Crippen molar-refractivity contribution in [1.29, 1.82) is 0 Å². The predicted molar refractivity (Wildman–Crippen MR) is 63.2 cm³/mol. The van der Waals surface area contributed by atoms with Crippen LogP contribution in [-0.4, -0.2) is 23.5 Å². The number of hydrogen-bond acceptors (Lipinski definition) is 3. The fraction of sp³-hybridized carbons (Fsp3) is 0.500. The van der Waals surface area contributed by atoms with E-state index in [1.54, 1.807) is 6.20 Å². The summed E-state index contributed by atoms with van der Waals surface area (Å²) in [6, 6.07) is 4.04. The Hall–Kier alpha value is -1.42. The zero-order valence-corrected chi connectivity index (χ0v) is 9.66. The van der Waals surface area contributed by atoms with Gasteiger partial charge in [0.05, 0.1) is 17.8 Å². The zero-order chi connectivity index (χ0) is 11.5. The molecule has 0 saturated carbocycles. The van der Waals surface area contributed by atoms with Crippen molar-refractivity contribution in [2.45, 2.75) is 26.3 Å². The van der Waals surface area contributed by atoms with Gasteiger partial charge >= 0.3 is 0 Å². The molecule has 16 heavy (non-hydrogen) atoms. The SMILES string of the molecule is Cc1ccc(NC(=O)C2CCNC2C)cn1. The molecule has 2 unspecified atom stereocenters. The molecule has 2 heterocycles. The van der Waals surface area contributed by atoms with E-state index in [0.29, 0.717) is 0 Å². The second kappa shape index (κ2) is 4.61. The number of carbonyl (C=O) groups excluding carboxylic acids is 1.